The molecule has 0 amide bonds. The highest BCUT2D eigenvalue weighted by atomic mass is 35.5. The number of primary sulfonamides is 1. The first-order chi connectivity index (χ1) is 19.5. The predicted molar refractivity (Wildman–Crippen MR) is 157 cm³/mol. The normalized spacial score (nSPS) is 21.9. The number of rotatable bonds is 6. The molecule has 1 aliphatic heterocycles. The zero-order valence-electron chi connectivity index (χ0n) is 21.9. The van der Waals surface area contributed by atoms with Crippen molar-refractivity contribution in [2.75, 3.05) is 6.54 Å². The highest BCUT2D eigenvalue weighted by molar-refractivity contribution is 7.90. The molecular weight excluding hydrogens is 589 g/mol. The third-order valence-corrected chi connectivity index (χ3v) is 10.2. The summed E-state index contributed by atoms with van der Waals surface area (Å²) in [5, 5.41) is 14.6. The molecule has 0 saturated heterocycles. The van der Waals surface area contributed by atoms with Gasteiger partial charge in [-0.25, -0.2) is 23.0 Å². The van der Waals surface area contributed by atoms with Crippen molar-refractivity contribution in [2.45, 2.75) is 47.8 Å². The number of nitrogens with two attached hydrogens (primary N) is 1. The fourth-order valence-corrected chi connectivity index (χ4v) is 7.12. The van der Waals surface area contributed by atoms with Crippen LogP contribution in [0.15, 0.2) is 93.3 Å². The number of hydrazone groups is 1. The van der Waals surface area contributed by atoms with Crippen molar-refractivity contribution in [3.63, 3.8) is 0 Å². The molecule has 3 N–H and O–H groups in total. The van der Waals surface area contributed by atoms with Crippen LogP contribution in [0.25, 0.3) is 0 Å². The van der Waals surface area contributed by atoms with Crippen molar-refractivity contribution in [3.05, 3.63) is 101 Å². The van der Waals surface area contributed by atoms with Crippen LogP contribution in [0.4, 0.5) is 4.39 Å². The van der Waals surface area contributed by atoms with Gasteiger partial charge in [0.05, 0.1) is 22.4 Å². The van der Waals surface area contributed by atoms with E-state index < -0.39 is 25.3 Å². The van der Waals surface area contributed by atoms with Gasteiger partial charge in [0.15, 0.2) is 0 Å². The van der Waals surface area contributed by atoms with Crippen molar-refractivity contribution in [1.29, 1.82) is 0 Å². The number of hydrogen-bond donors (Lipinski definition) is 2. The molecule has 3 aromatic rings. The van der Waals surface area contributed by atoms with E-state index >= 15 is 0 Å². The van der Waals surface area contributed by atoms with Gasteiger partial charge in [0, 0.05) is 17.0 Å². The maximum Gasteiger partial charge on any atom is 0.285 e. The lowest BCUT2D eigenvalue weighted by atomic mass is 9.90. The van der Waals surface area contributed by atoms with E-state index in [1.807, 2.05) is 30.3 Å². The van der Waals surface area contributed by atoms with E-state index in [4.69, 9.17) is 21.8 Å². The summed E-state index contributed by atoms with van der Waals surface area (Å²) in [6, 6.07) is 21.0. The SMILES string of the molecule is NS(=O)(=O)[C@H]1CC[C@@H](N/C(=N/S(=O)(=O)c2ccc(Cl)cc2)N2C[C@@H](c3ccccc3)C(c3ccc(F)cc3)=N2)CC1. The summed E-state index contributed by atoms with van der Waals surface area (Å²) in [5.41, 5.74) is 2.27. The average Bonchev–Trinajstić information content (AvgIpc) is 3.39. The number of nitrogens with one attached hydrogen (secondary N) is 1. The summed E-state index contributed by atoms with van der Waals surface area (Å²) in [5.74, 6) is -0.629. The molecule has 9 nitrogen and oxygen atoms in total. The Morgan fingerprint density at radius 3 is 2.17 bits per heavy atom. The molecule has 2 aliphatic rings. The lowest BCUT2D eigenvalue weighted by molar-refractivity contribution is 0.381. The molecule has 0 bridgehead atoms. The second kappa shape index (κ2) is 11.9. The Labute approximate surface area is 244 Å². The molecule has 3 aromatic carbocycles. The summed E-state index contributed by atoms with van der Waals surface area (Å²) in [6.07, 6.45) is 1.58. The van der Waals surface area contributed by atoms with Crippen molar-refractivity contribution < 1.29 is 21.2 Å². The topological polar surface area (TPSA) is 134 Å². The maximum atomic E-state index is 13.7. The first kappa shape index (κ1) is 29.2. The molecular formula is C28H29ClFN5O4S2. The maximum absolute atomic E-state index is 13.7. The zero-order chi connectivity index (χ0) is 29.2. The Balaban J connectivity index is 1.52. The van der Waals surface area contributed by atoms with E-state index in [1.165, 1.54) is 41.4 Å². The number of benzene rings is 3. The minimum Gasteiger partial charge on any atom is -0.351 e. The van der Waals surface area contributed by atoms with Crippen LogP contribution in [0.3, 0.4) is 0 Å². The van der Waals surface area contributed by atoms with Gasteiger partial charge in [-0.05, 0) is 73.2 Å². The van der Waals surface area contributed by atoms with Crippen LogP contribution in [0, 0.1) is 5.82 Å². The molecule has 216 valence electrons. The van der Waals surface area contributed by atoms with Crippen molar-refractivity contribution in [1.82, 2.24) is 10.3 Å². The summed E-state index contributed by atoms with van der Waals surface area (Å²) < 4.78 is 68.4. The molecule has 1 saturated carbocycles. The third-order valence-electron chi connectivity index (χ3n) is 7.29. The number of halogens is 2. The van der Waals surface area contributed by atoms with E-state index in [-0.39, 0.29) is 35.2 Å². The molecule has 41 heavy (non-hydrogen) atoms. The molecule has 13 heteroatoms. The largest absolute Gasteiger partial charge is 0.351 e. The average molecular weight is 618 g/mol. The molecule has 0 unspecified atom stereocenters. The van der Waals surface area contributed by atoms with Gasteiger partial charge >= 0.3 is 0 Å². The molecule has 5 rings (SSSR count). The molecule has 1 atom stereocenters. The van der Waals surface area contributed by atoms with Gasteiger partial charge in [0.25, 0.3) is 10.0 Å². The summed E-state index contributed by atoms with van der Waals surface area (Å²) in [7, 11) is -7.84. The van der Waals surface area contributed by atoms with Crippen LogP contribution in [0.1, 0.15) is 42.7 Å². The predicted octanol–water partition coefficient (Wildman–Crippen LogP) is 4.22. The minimum absolute atomic E-state index is 0.0112. The first-order valence-electron chi connectivity index (χ1n) is 13.1. The number of hydrogen-bond acceptors (Lipinski definition) is 5. The van der Waals surface area contributed by atoms with Gasteiger partial charge in [-0.1, -0.05) is 54.1 Å². The van der Waals surface area contributed by atoms with E-state index in [9.17, 15) is 21.2 Å². The Morgan fingerprint density at radius 1 is 0.927 bits per heavy atom. The Kier molecular flexibility index (Phi) is 8.46. The molecule has 0 aromatic heterocycles. The molecule has 1 aliphatic carbocycles. The van der Waals surface area contributed by atoms with Gasteiger partial charge in [-0.2, -0.15) is 13.5 Å². The second-order valence-electron chi connectivity index (χ2n) is 10.1. The highest BCUT2D eigenvalue weighted by Gasteiger charge is 2.35. The van der Waals surface area contributed by atoms with E-state index in [2.05, 4.69) is 9.71 Å². The summed E-state index contributed by atoms with van der Waals surface area (Å²) in [4.78, 5) is -0.0410. The first-order valence-corrected chi connectivity index (χ1v) is 16.5. The number of nitrogens with zero attached hydrogens (tertiary/aromatic N) is 3. The number of sulfonamides is 2. The molecule has 1 fully saturated rings. The van der Waals surface area contributed by atoms with Gasteiger partial charge in [0.1, 0.15) is 5.82 Å². The van der Waals surface area contributed by atoms with E-state index in [0.717, 1.165) is 5.56 Å². The summed E-state index contributed by atoms with van der Waals surface area (Å²) >= 11 is 5.96. The quantitative estimate of drug-likeness (QED) is 0.314. The van der Waals surface area contributed by atoms with Gasteiger partial charge < -0.3 is 5.32 Å². The standard InChI is InChI=1S/C28H29ClFN5O4S2/c29-21-8-14-25(15-9-21)41(38,39)34-28(32-23-12-16-24(17-13-23)40(31,36)37)35-18-26(19-4-2-1-3-5-19)27(33-35)20-6-10-22(30)11-7-20/h1-11,14-15,23-24,26H,12-13,16-18H2,(H,32,34)(H2,31,36,37)/t23-,24+,26-/m0/s1. The Bertz CT molecular complexity index is 1660. The fraction of sp³-hybridized carbons (Fsp3) is 0.286. The number of guanidine groups is 1. The van der Waals surface area contributed by atoms with Crippen LogP contribution in [-0.4, -0.2) is 51.4 Å². The van der Waals surface area contributed by atoms with Crippen molar-refractivity contribution in [2.24, 2.45) is 14.6 Å². The fourth-order valence-electron chi connectivity index (χ4n) is 5.10. The lowest BCUT2D eigenvalue weighted by Gasteiger charge is -2.30. The van der Waals surface area contributed by atoms with Crippen LogP contribution >= 0.6 is 11.6 Å². The van der Waals surface area contributed by atoms with Crippen LogP contribution < -0.4 is 10.5 Å². The highest BCUT2D eigenvalue weighted by Crippen LogP contribution is 2.30. The minimum atomic E-state index is -4.18. The van der Waals surface area contributed by atoms with Gasteiger partial charge in [-0.3, -0.25) is 0 Å². The van der Waals surface area contributed by atoms with Crippen LogP contribution in [0.2, 0.25) is 5.02 Å². The Hall–Kier alpha value is -3.32. The monoisotopic (exact) mass is 617 g/mol. The molecule has 1 heterocycles. The van der Waals surface area contributed by atoms with Crippen LogP contribution in [0.5, 0.6) is 0 Å². The van der Waals surface area contributed by atoms with Crippen molar-refractivity contribution >= 4 is 43.3 Å². The van der Waals surface area contributed by atoms with Gasteiger partial charge in [-0.15, -0.1) is 4.40 Å². The molecule has 0 spiro atoms. The lowest BCUT2D eigenvalue weighted by Crippen LogP contribution is -2.47. The summed E-state index contributed by atoms with van der Waals surface area (Å²) in [6.45, 7) is 0.269. The van der Waals surface area contributed by atoms with Crippen molar-refractivity contribution in [3.8, 4) is 0 Å². The van der Waals surface area contributed by atoms with Gasteiger partial charge in [0.2, 0.25) is 16.0 Å². The van der Waals surface area contributed by atoms with E-state index in [1.54, 1.807) is 12.1 Å². The van der Waals surface area contributed by atoms with E-state index in [0.29, 0.717) is 42.0 Å². The molecule has 0 radical (unpaired) electrons. The second-order valence-corrected chi connectivity index (χ2v) is 14.0. The zero-order valence-corrected chi connectivity index (χ0v) is 24.3. The third kappa shape index (κ3) is 6.95. The smallest absolute Gasteiger partial charge is 0.285 e. The van der Waals surface area contributed by atoms with Crippen LogP contribution in [-0.2, 0) is 20.0 Å². The Morgan fingerprint density at radius 2 is 1.56 bits per heavy atom.